The minimum absolute atomic E-state index is 0.00877. The Morgan fingerprint density at radius 2 is 2.16 bits per heavy atom. The molecule has 0 amide bonds. The van der Waals surface area contributed by atoms with Gasteiger partial charge in [0.25, 0.3) is 0 Å². The first kappa shape index (κ1) is 13.9. The highest BCUT2D eigenvalue weighted by Gasteiger charge is 2.32. The van der Waals surface area contributed by atoms with Crippen LogP contribution < -0.4 is 15.8 Å². The van der Waals surface area contributed by atoms with Crippen molar-refractivity contribution >= 4 is 11.5 Å². The van der Waals surface area contributed by atoms with Gasteiger partial charge in [-0.2, -0.15) is 4.98 Å². The van der Waals surface area contributed by atoms with Crippen molar-refractivity contribution in [3.8, 4) is 5.88 Å². The summed E-state index contributed by atoms with van der Waals surface area (Å²) in [4.78, 5) is 4.35. The van der Waals surface area contributed by atoms with Crippen LogP contribution in [-0.2, 0) is 0 Å². The Hall–Kier alpha value is -1.49. The number of rotatable bonds is 6. The van der Waals surface area contributed by atoms with E-state index in [1.54, 1.807) is 6.07 Å². The van der Waals surface area contributed by atoms with E-state index in [1.807, 2.05) is 13.0 Å². The first-order valence-corrected chi connectivity index (χ1v) is 6.93. The van der Waals surface area contributed by atoms with Crippen molar-refractivity contribution in [2.24, 2.45) is 5.41 Å². The van der Waals surface area contributed by atoms with Crippen LogP contribution in [0.15, 0.2) is 12.1 Å². The van der Waals surface area contributed by atoms with Gasteiger partial charge in [-0.15, -0.1) is 0 Å². The molecule has 0 bridgehead atoms. The maximum Gasteiger partial charge on any atom is 0.239 e. The van der Waals surface area contributed by atoms with Crippen molar-refractivity contribution in [1.29, 1.82) is 0 Å². The summed E-state index contributed by atoms with van der Waals surface area (Å²) in [5.74, 6) is 1.22. The molecule has 0 aliphatic heterocycles. The normalized spacial score (nSPS) is 17.4. The number of hydrogen-bond acceptors (Lipinski definition) is 5. The lowest BCUT2D eigenvalue weighted by molar-refractivity contribution is 0.142. The third-order valence-electron chi connectivity index (χ3n) is 3.81. The van der Waals surface area contributed by atoms with Crippen LogP contribution in [0.4, 0.5) is 11.5 Å². The van der Waals surface area contributed by atoms with Crippen LogP contribution in [0.2, 0.25) is 0 Å². The summed E-state index contributed by atoms with van der Waals surface area (Å²) in [5, 5.41) is 12.9. The zero-order valence-electron chi connectivity index (χ0n) is 11.5. The van der Waals surface area contributed by atoms with Crippen molar-refractivity contribution in [3.05, 3.63) is 12.1 Å². The zero-order chi connectivity index (χ0) is 13.7. The van der Waals surface area contributed by atoms with Crippen molar-refractivity contribution < 1.29 is 9.84 Å². The number of nitrogens with zero attached hydrogens (tertiary/aromatic N) is 1. The molecule has 0 aromatic carbocycles. The molecule has 0 radical (unpaired) electrons. The molecular weight excluding hydrogens is 242 g/mol. The highest BCUT2D eigenvalue weighted by Crippen LogP contribution is 2.37. The molecule has 1 aliphatic carbocycles. The second-order valence-corrected chi connectivity index (χ2v) is 5.24. The van der Waals surface area contributed by atoms with Gasteiger partial charge in [0.15, 0.2) is 0 Å². The molecule has 0 saturated heterocycles. The molecule has 5 heteroatoms. The van der Waals surface area contributed by atoms with Crippen LogP contribution in [0.25, 0.3) is 0 Å². The predicted octanol–water partition coefficient (Wildman–Crippen LogP) is 2.03. The highest BCUT2D eigenvalue weighted by atomic mass is 16.5. The minimum atomic E-state index is 0.00877. The Morgan fingerprint density at radius 3 is 2.79 bits per heavy atom. The fourth-order valence-corrected chi connectivity index (χ4v) is 2.60. The fraction of sp³-hybridized carbons (Fsp3) is 0.643. The zero-order valence-corrected chi connectivity index (χ0v) is 11.5. The lowest BCUT2D eigenvalue weighted by Gasteiger charge is -2.26. The third-order valence-corrected chi connectivity index (χ3v) is 3.81. The van der Waals surface area contributed by atoms with Crippen LogP contribution >= 0.6 is 0 Å². The molecule has 1 aliphatic rings. The van der Waals surface area contributed by atoms with Gasteiger partial charge in [-0.1, -0.05) is 12.8 Å². The van der Waals surface area contributed by atoms with Crippen molar-refractivity contribution in [3.63, 3.8) is 0 Å². The van der Waals surface area contributed by atoms with Gasteiger partial charge in [0.2, 0.25) is 5.88 Å². The molecule has 5 nitrogen and oxygen atoms in total. The summed E-state index contributed by atoms with van der Waals surface area (Å²) in [6.07, 6.45) is 4.54. The molecular formula is C14H23N3O2. The molecule has 0 unspecified atom stereocenters. The number of ether oxygens (including phenoxy) is 1. The smallest absolute Gasteiger partial charge is 0.239 e. The molecule has 1 aromatic rings. The van der Waals surface area contributed by atoms with E-state index in [9.17, 15) is 5.11 Å². The lowest BCUT2D eigenvalue weighted by atomic mass is 9.87. The van der Waals surface area contributed by atoms with Crippen LogP contribution in [0.3, 0.4) is 0 Å². The summed E-state index contributed by atoms with van der Waals surface area (Å²) in [7, 11) is 0. The molecule has 4 N–H and O–H groups in total. The first-order chi connectivity index (χ1) is 9.19. The largest absolute Gasteiger partial charge is 0.476 e. The van der Waals surface area contributed by atoms with Crippen LogP contribution in [0.5, 0.6) is 5.88 Å². The summed E-state index contributed by atoms with van der Waals surface area (Å²) in [5.41, 5.74) is 6.35. The number of hydrogen-bond donors (Lipinski definition) is 3. The number of aliphatic hydroxyl groups excluding tert-OH is 1. The van der Waals surface area contributed by atoms with Gasteiger partial charge in [-0.05, 0) is 31.9 Å². The molecule has 19 heavy (non-hydrogen) atoms. The SMILES string of the molecule is CCOc1nc(NCC2(CO)CCCC2)ccc1N. The van der Waals surface area contributed by atoms with E-state index in [2.05, 4.69) is 10.3 Å². The molecule has 106 valence electrons. The molecule has 1 aromatic heterocycles. The van der Waals surface area contributed by atoms with E-state index in [0.717, 1.165) is 25.2 Å². The van der Waals surface area contributed by atoms with Gasteiger partial charge in [-0.3, -0.25) is 0 Å². The number of nitrogens with one attached hydrogen (secondary N) is 1. The summed E-state index contributed by atoms with van der Waals surface area (Å²) < 4.78 is 5.38. The number of nitrogen functional groups attached to an aromatic ring is 1. The third kappa shape index (κ3) is 3.29. The summed E-state index contributed by atoms with van der Waals surface area (Å²) in [6, 6.07) is 3.64. The molecule has 1 heterocycles. The van der Waals surface area contributed by atoms with Gasteiger partial charge < -0.3 is 20.9 Å². The van der Waals surface area contributed by atoms with E-state index in [1.165, 1.54) is 12.8 Å². The van der Waals surface area contributed by atoms with Crippen molar-refractivity contribution in [1.82, 2.24) is 4.98 Å². The second-order valence-electron chi connectivity index (χ2n) is 5.24. The summed E-state index contributed by atoms with van der Waals surface area (Å²) in [6.45, 7) is 3.42. The monoisotopic (exact) mass is 265 g/mol. The average Bonchev–Trinajstić information content (AvgIpc) is 2.89. The minimum Gasteiger partial charge on any atom is -0.476 e. The van der Waals surface area contributed by atoms with Crippen molar-refractivity contribution in [2.75, 3.05) is 30.8 Å². The van der Waals surface area contributed by atoms with Crippen LogP contribution in [0.1, 0.15) is 32.6 Å². The quantitative estimate of drug-likeness (QED) is 0.733. The maximum atomic E-state index is 9.57. The predicted molar refractivity (Wildman–Crippen MR) is 76.3 cm³/mol. The molecule has 0 atom stereocenters. The van der Waals surface area contributed by atoms with E-state index in [0.29, 0.717) is 18.2 Å². The molecule has 1 saturated carbocycles. The summed E-state index contributed by atoms with van der Waals surface area (Å²) >= 11 is 0. The Morgan fingerprint density at radius 1 is 1.42 bits per heavy atom. The Kier molecular flexibility index (Phi) is 4.47. The van der Waals surface area contributed by atoms with E-state index in [4.69, 9.17) is 10.5 Å². The average molecular weight is 265 g/mol. The molecule has 2 rings (SSSR count). The van der Waals surface area contributed by atoms with Gasteiger partial charge in [0.05, 0.1) is 18.9 Å². The van der Waals surface area contributed by atoms with E-state index < -0.39 is 0 Å². The number of aromatic nitrogens is 1. The Labute approximate surface area is 114 Å². The van der Waals surface area contributed by atoms with Gasteiger partial charge in [-0.25, -0.2) is 0 Å². The van der Waals surface area contributed by atoms with E-state index in [-0.39, 0.29) is 12.0 Å². The topological polar surface area (TPSA) is 80.4 Å². The van der Waals surface area contributed by atoms with Gasteiger partial charge >= 0.3 is 0 Å². The van der Waals surface area contributed by atoms with Gasteiger partial charge in [0.1, 0.15) is 5.82 Å². The van der Waals surface area contributed by atoms with Crippen molar-refractivity contribution in [2.45, 2.75) is 32.6 Å². The molecule has 1 fully saturated rings. The van der Waals surface area contributed by atoms with Crippen LogP contribution in [0, 0.1) is 5.41 Å². The number of nitrogens with two attached hydrogens (primary N) is 1. The lowest BCUT2D eigenvalue weighted by Crippen LogP contribution is -2.30. The number of pyridine rings is 1. The van der Waals surface area contributed by atoms with E-state index >= 15 is 0 Å². The Bertz CT molecular complexity index is 417. The fourth-order valence-electron chi connectivity index (χ4n) is 2.60. The number of aliphatic hydroxyl groups is 1. The maximum absolute atomic E-state index is 9.57. The van der Waals surface area contributed by atoms with Crippen LogP contribution in [-0.4, -0.2) is 29.8 Å². The Balaban J connectivity index is 2.01. The van der Waals surface area contributed by atoms with Gasteiger partial charge in [0, 0.05) is 12.0 Å². The highest BCUT2D eigenvalue weighted by molar-refractivity contribution is 5.53. The number of anilines is 2. The first-order valence-electron chi connectivity index (χ1n) is 6.93. The second kappa shape index (κ2) is 6.10. The standard InChI is InChI=1S/C14H23N3O2/c1-2-19-13-11(15)5-6-12(17-13)16-9-14(10-18)7-3-4-8-14/h5-6,18H,2-4,7-10,15H2,1H3,(H,16,17). The molecule has 0 spiro atoms.